The summed E-state index contributed by atoms with van der Waals surface area (Å²) in [5.74, 6) is -0.225. The van der Waals surface area contributed by atoms with Gasteiger partial charge in [-0.25, -0.2) is 4.79 Å². The highest BCUT2D eigenvalue weighted by atomic mass is 35.5. The Hall–Kier alpha value is -0.850. The molecule has 0 bridgehead atoms. The maximum absolute atomic E-state index is 11.6. The molecule has 1 aliphatic heterocycles. The van der Waals surface area contributed by atoms with Crippen molar-refractivity contribution >= 4 is 24.3 Å². The molecule has 1 atom stereocenters. The van der Waals surface area contributed by atoms with Crippen LogP contribution in [-0.4, -0.2) is 55.1 Å². The van der Waals surface area contributed by atoms with Crippen LogP contribution in [-0.2, 0) is 4.79 Å². The van der Waals surface area contributed by atoms with Crippen LogP contribution in [0.2, 0.25) is 0 Å². The SMILES string of the molecule is C[C@H]1CNCCN1CC(=O)NC(=O)NC1CC1.Cl. The molecule has 0 radical (unpaired) electrons. The molecule has 1 heterocycles. The Kier molecular flexibility index (Phi) is 5.84. The van der Waals surface area contributed by atoms with Crippen molar-refractivity contribution in [1.82, 2.24) is 20.9 Å². The Balaban J connectivity index is 0.00000162. The smallest absolute Gasteiger partial charge is 0.321 e. The molecule has 0 spiro atoms. The zero-order chi connectivity index (χ0) is 12.3. The number of halogens is 1. The normalized spacial score (nSPS) is 23.9. The van der Waals surface area contributed by atoms with Crippen molar-refractivity contribution < 1.29 is 9.59 Å². The van der Waals surface area contributed by atoms with Crippen LogP contribution in [0.3, 0.4) is 0 Å². The third-order valence-electron chi connectivity index (χ3n) is 3.15. The Morgan fingerprint density at radius 3 is 2.72 bits per heavy atom. The Labute approximate surface area is 113 Å². The number of nitrogens with zero attached hydrogens (tertiary/aromatic N) is 1. The van der Waals surface area contributed by atoms with Crippen LogP contribution >= 0.6 is 12.4 Å². The number of nitrogens with one attached hydrogen (secondary N) is 3. The van der Waals surface area contributed by atoms with Gasteiger partial charge >= 0.3 is 6.03 Å². The van der Waals surface area contributed by atoms with Gasteiger partial charge in [-0.3, -0.25) is 15.0 Å². The van der Waals surface area contributed by atoms with Crippen LogP contribution in [0.15, 0.2) is 0 Å². The molecule has 104 valence electrons. The third-order valence-corrected chi connectivity index (χ3v) is 3.15. The molecule has 0 unspecified atom stereocenters. The van der Waals surface area contributed by atoms with Crippen molar-refractivity contribution in [3.8, 4) is 0 Å². The molecule has 1 saturated carbocycles. The second kappa shape index (κ2) is 6.92. The van der Waals surface area contributed by atoms with Crippen LogP contribution < -0.4 is 16.0 Å². The van der Waals surface area contributed by atoms with Gasteiger partial charge in [-0.05, 0) is 19.8 Å². The van der Waals surface area contributed by atoms with E-state index in [4.69, 9.17) is 0 Å². The van der Waals surface area contributed by atoms with Gasteiger partial charge in [-0.2, -0.15) is 0 Å². The molecule has 0 aromatic rings. The fraction of sp³-hybridized carbons (Fsp3) is 0.818. The molecule has 3 amide bonds. The summed E-state index contributed by atoms with van der Waals surface area (Å²) in [5.41, 5.74) is 0. The standard InChI is InChI=1S/C11H20N4O2.ClH/c1-8-6-12-4-5-15(8)7-10(16)14-11(17)13-9-2-3-9;/h8-9,12H,2-7H2,1H3,(H2,13,14,16,17);1H/t8-;/m0./s1. The summed E-state index contributed by atoms with van der Waals surface area (Å²) in [7, 11) is 0. The number of hydrogen-bond donors (Lipinski definition) is 3. The zero-order valence-electron chi connectivity index (χ0n) is 10.6. The molecule has 2 fully saturated rings. The molecule has 18 heavy (non-hydrogen) atoms. The highest BCUT2D eigenvalue weighted by molar-refractivity contribution is 5.95. The van der Waals surface area contributed by atoms with Gasteiger partial charge in [-0.1, -0.05) is 0 Å². The topological polar surface area (TPSA) is 73.5 Å². The highest BCUT2D eigenvalue weighted by Crippen LogP contribution is 2.18. The van der Waals surface area contributed by atoms with Crippen LogP contribution in [0.4, 0.5) is 4.79 Å². The van der Waals surface area contributed by atoms with E-state index in [-0.39, 0.29) is 30.4 Å². The largest absolute Gasteiger partial charge is 0.335 e. The molecule has 7 heteroatoms. The van der Waals surface area contributed by atoms with Gasteiger partial charge in [0, 0.05) is 31.7 Å². The van der Waals surface area contributed by atoms with E-state index < -0.39 is 0 Å². The second-order valence-corrected chi connectivity index (χ2v) is 4.82. The van der Waals surface area contributed by atoms with Crippen molar-refractivity contribution in [3.63, 3.8) is 0 Å². The van der Waals surface area contributed by atoms with Gasteiger partial charge in [-0.15, -0.1) is 12.4 Å². The van der Waals surface area contributed by atoms with Gasteiger partial charge in [0.2, 0.25) is 5.91 Å². The van der Waals surface area contributed by atoms with E-state index >= 15 is 0 Å². The van der Waals surface area contributed by atoms with Crippen LogP contribution in [0.5, 0.6) is 0 Å². The first-order valence-electron chi connectivity index (χ1n) is 6.20. The average molecular weight is 277 g/mol. The lowest BCUT2D eigenvalue weighted by Crippen LogP contribution is -2.54. The lowest BCUT2D eigenvalue weighted by atomic mass is 10.2. The minimum atomic E-state index is -0.361. The van der Waals surface area contributed by atoms with Gasteiger partial charge in [0.1, 0.15) is 0 Å². The molecule has 3 N–H and O–H groups in total. The van der Waals surface area contributed by atoms with Crippen molar-refractivity contribution in [2.24, 2.45) is 0 Å². The summed E-state index contributed by atoms with van der Waals surface area (Å²) in [6.45, 7) is 5.00. The number of amides is 3. The van der Waals surface area contributed by atoms with Crippen LogP contribution in [0.25, 0.3) is 0 Å². The summed E-state index contributed by atoms with van der Waals surface area (Å²) in [5, 5.41) is 8.36. The van der Waals surface area contributed by atoms with Gasteiger partial charge in [0.15, 0.2) is 0 Å². The van der Waals surface area contributed by atoms with Crippen molar-refractivity contribution in [2.45, 2.75) is 31.8 Å². The van der Waals surface area contributed by atoms with Gasteiger partial charge in [0.05, 0.1) is 6.54 Å². The highest BCUT2D eigenvalue weighted by Gasteiger charge is 2.25. The molecule has 1 saturated heterocycles. The number of rotatable bonds is 3. The quantitative estimate of drug-likeness (QED) is 0.661. The maximum atomic E-state index is 11.6. The summed E-state index contributed by atoms with van der Waals surface area (Å²) in [4.78, 5) is 25.1. The predicted octanol–water partition coefficient (Wildman–Crippen LogP) is -0.310. The van der Waals surface area contributed by atoms with E-state index in [2.05, 4.69) is 27.8 Å². The Morgan fingerprint density at radius 2 is 2.11 bits per heavy atom. The van der Waals surface area contributed by atoms with E-state index in [0.29, 0.717) is 12.6 Å². The minimum Gasteiger partial charge on any atom is -0.335 e. The van der Waals surface area contributed by atoms with Crippen LogP contribution in [0.1, 0.15) is 19.8 Å². The number of piperazine rings is 1. The van der Waals surface area contributed by atoms with Gasteiger partial charge in [0.25, 0.3) is 0 Å². The van der Waals surface area contributed by atoms with E-state index in [1.54, 1.807) is 0 Å². The van der Waals surface area contributed by atoms with E-state index in [0.717, 1.165) is 32.5 Å². The van der Waals surface area contributed by atoms with Crippen LogP contribution in [0, 0.1) is 0 Å². The maximum Gasteiger partial charge on any atom is 0.321 e. The zero-order valence-corrected chi connectivity index (χ0v) is 11.4. The molecule has 1 aliphatic carbocycles. The Morgan fingerprint density at radius 1 is 1.39 bits per heavy atom. The molecular weight excluding hydrogens is 256 g/mol. The number of hydrogen-bond acceptors (Lipinski definition) is 4. The summed E-state index contributed by atoms with van der Waals surface area (Å²) < 4.78 is 0. The molecule has 0 aromatic carbocycles. The molecule has 2 aliphatic rings. The summed E-state index contributed by atoms with van der Waals surface area (Å²) in [6.07, 6.45) is 2.05. The Bertz CT molecular complexity index is 309. The lowest BCUT2D eigenvalue weighted by molar-refractivity contribution is -0.121. The van der Waals surface area contributed by atoms with Crippen molar-refractivity contribution in [2.75, 3.05) is 26.2 Å². The number of imide groups is 1. The lowest BCUT2D eigenvalue weighted by Gasteiger charge is -2.33. The van der Waals surface area contributed by atoms with E-state index in [1.807, 2.05) is 0 Å². The van der Waals surface area contributed by atoms with E-state index in [1.165, 1.54) is 0 Å². The minimum absolute atomic E-state index is 0. The first-order valence-corrected chi connectivity index (χ1v) is 6.20. The second-order valence-electron chi connectivity index (χ2n) is 4.82. The number of carbonyl (C=O) groups is 2. The van der Waals surface area contributed by atoms with Gasteiger partial charge < -0.3 is 10.6 Å². The van der Waals surface area contributed by atoms with E-state index in [9.17, 15) is 9.59 Å². The molecule has 0 aromatic heterocycles. The first kappa shape index (κ1) is 15.2. The number of urea groups is 1. The average Bonchev–Trinajstić information content (AvgIpc) is 3.05. The third kappa shape index (κ3) is 4.80. The summed E-state index contributed by atoms with van der Waals surface area (Å²) >= 11 is 0. The van der Waals surface area contributed by atoms with Crippen molar-refractivity contribution in [3.05, 3.63) is 0 Å². The predicted molar refractivity (Wildman–Crippen MR) is 70.8 cm³/mol. The monoisotopic (exact) mass is 276 g/mol. The molecule has 6 nitrogen and oxygen atoms in total. The molecular formula is C11H21ClN4O2. The number of carbonyl (C=O) groups excluding carboxylic acids is 2. The first-order chi connectivity index (χ1) is 8.15. The fourth-order valence-electron chi connectivity index (χ4n) is 1.92. The molecule has 2 rings (SSSR count). The van der Waals surface area contributed by atoms with Crippen molar-refractivity contribution in [1.29, 1.82) is 0 Å². The fourth-order valence-corrected chi connectivity index (χ4v) is 1.92. The summed E-state index contributed by atoms with van der Waals surface area (Å²) in [6, 6.07) is 0.252.